The van der Waals surface area contributed by atoms with Gasteiger partial charge in [-0.2, -0.15) is 0 Å². The number of rotatable bonds is 1. The van der Waals surface area contributed by atoms with E-state index in [2.05, 4.69) is 0 Å². The summed E-state index contributed by atoms with van der Waals surface area (Å²) in [5.41, 5.74) is 0.0235. The standard InChI is InChI=1S/C11H10ClF2NO/c1-6-2-3-8(13)11(10(6)14)15-5-7(12)4-9(15)16/h2-3,7H,4-5H2,1H3. The van der Waals surface area contributed by atoms with Crippen molar-refractivity contribution in [1.82, 2.24) is 0 Å². The summed E-state index contributed by atoms with van der Waals surface area (Å²) in [6.45, 7) is 1.68. The number of amides is 1. The van der Waals surface area contributed by atoms with Crippen molar-refractivity contribution in [2.45, 2.75) is 18.7 Å². The lowest BCUT2D eigenvalue weighted by atomic mass is 10.2. The van der Waals surface area contributed by atoms with Gasteiger partial charge in [0.05, 0.1) is 5.38 Å². The fourth-order valence-corrected chi connectivity index (χ4v) is 2.04. The fourth-order valence-electron chi connectivity index (χ4n) is 1.77. The molecule has 2 rings (SSSR count). The fraction of sp³-hybridized carbons (Fsp3) is 0.364. The molecule has 16 heavy (non-hydrogen) atoms. The van der Waals surface area contributed by atoms with E-state index in [0.717, 1.165) is 11.0 Å². The maximum atomic E-state index is 13.7. The van der Waals surface area contributed by atoms with Crippen LogP contribution in [0, 0.1) is 18.6 Å². The summed E-state index contributed by atoms with van der Waals surface area (Å²) in [7, 11) is 0. The van der Waals surface area contributed by atoms with Crippen LogP contribution in [0.2, 0.25) is 0 Å². The molecule has 86 valence electrons. The van der Waals surface area contributed by atoms with Crippen LogP contribution in [0.1, 0.15) is 12.0 Å². The zero-order valence-corrected chi connectivity index (χ0v) is 9.39. The van der Waals surface area contributed by atoms with E-state index in [0.29, 0.717) is 5.56 Å². The van der Waals surface area contributed by atoms with Crippen molar-refractivity contribution in [2.24, 2.45) is 0 Å². The van der Waals surface area contributed by atoms with Crippen molar-refractivity contribution >= 4 is 23.2 Å². The largest absolute Gasteiger partial charge is 0.306 e. The zero-order chi connectivity index (χ0) is 11.9. The minimum Gasteiger partial charge on any atom is -0.306 e. The average molecular weight is 246 g/mol. The van der Waals surface area contributed by atoms with E-state index in [1.54, 1.807) is 0 Å². The van der Waals surface area contributed by atoms with Gasteiger partial charge in [-0.25, -0.2) is 8.78 Å². The van der Waals surface area contributed by atoms with Crippen LogP contribution >= 0.6 is 11.6 Å². The smallest absolute Gasteiger partial charge is 0.228 e. The number of benzene rings is 1. The summed E-state index contributed by atoms with van der Waals surface area (Å²) in [4.78, 5) is 12.6. The van der Waals surface area contributed by atoms with Gasteiger partial charge >= 0.3 is 0 Å². The SMILES string of the molecule is Cc1ccc(F)c(N2CC(Cl)CC2=O)c1F. The van der Waals surface area contributed by atoms with Crippen LogP contribution in [0.15, 0.2) is 12.1 Å². The molecule has 0 aromatic heterocycles. The molecule has 2 nitrogen and oxygen atoms in total. The first-order chi connectivity index (χ1) is 7.50. The molecule has 1 fully saturated rings. The van der Waals surface area contributed by atoms with E-state index < -0.39 is 11.6 Å². The number of halogens is 3. The van der Waals surface area contributed by atoms with Gasteiger partial charge in [0.2, 0.25) is 5.91 Å². The highest BCUT2D eigenvalue weighted by molar-refractivity contribution is 6.24. The van der Waals surface area contributed by atoms with Crippen LogP contribution in [0.4, 0.5) is 14.5 Å². The zero-order valence-electron chi connectivity index (χ0n) is 8.64. The lowest BCUT2D eigenvalue weighted by molar-refractivity contribution is -0.117. The number of carbonyl (C=O) groups is 1. The predicted octanol–water partition coefficient (Wildman–Crippen LogP) is 2.62. The summed E-state index contributed by atoms with van der Waals surface area (Å²) < 4.78 is 27.2. The highest BCUT2D eigenvalue weighted by Gasteiger charge is 2.32. The van der Waals surface area contributed by atoms with Crippen LogP contribution in [0.5, 0.6) is 0 Å². The molecule has 1 aromatic carbocycles. The van der Waals surface area contributed by atoms with Crippen molar-refractivity contribution in [1.29, 1.82) is 0 Å². The second-order valence-electron chi connectivity index (χ2n) is 3.83. The third-order valence-corrected chi connectivity index (χ3v) is 2.90. The molecule has 0 bridgehead atoms. The molecule has 1 aliphatic rings. The molecule has 0 aliphatic carbocycles. The van der Waals surface area contributed by atoms with Gasteiger partial charge in [-0.1, -0.05) is 6.07 Å². The summed E-state index contributed by atoms with van der Waals surface area (Å²) in [6, 6.07) is 2.50. The number of carbonyl (C=O) groups excluding carboxylic acids is 1. The molecule has 1 amide bonds. The maximum absolute atomic E-state index is 13.7. The molecule has 1 aliphatic heterocycles. The van der Waals surface area contributed by atoms with Crippen LogP contribution < -0.4 is 4.90 Å². The summed E-state index contributed by atoms with van der Waals surface area (Å²) in [6.07, 6.45) is 0.119. The molecule has 1 heterocycles. The van der Waals surface area contributed by atoms with Crippen LogP contribution in [-0.2, 0) is 4.79 Å². The molecule has 0 radical (unpaired) electrons. The molecular weight excluding hydrogens is 236 g/mol. The third-order valence-electron chi connectivity index (χ3n) is 2.61. The molecule has 1 aromatic rings. The van der Waals surface area contributed by atoms with Crippen molar-refractivity contribution in [3.05, 3.63) is 29.3 Å². The molecule has 0 saturated carbocycles. The number of hydrogen-bond donors (Lipinski definition) is 0. The van der Waals surface area contributed by atoms with Crippen molar-refractivity contribution in [3.8, 4) is 0 Å². The minimum atomic E-state index is -0.734. The first-order valence-corrected chi connectivity index (χ1v) is 5.33. The Morgan fingerprint density at radius 1 is 1.44 bits per heavy atom. The Bertz CT molecular complexity index is 450. The second kappa shape index (κ2) is 4.01. The number of hydrogen-bond acceptors (Lipinski definition) is 1. The Kier molecular flexibility index (Phi) is 2.84. The van der Waals surface area contributed by atoms with E-state index in [-0.39, 0.29) is 29.9 Å². The Morgan fingerprint density at radius 2 is 2.12 bits per heavy atom. The molecule has 0 N–H and O–H groups in total. The monoisotopic (exact) mass is 245 g/mol. The van der Waals surface area contributed by atoms with E-state index >= 15 is 0 Å². The molecule has 1 unspecified atom stereocenters. The molecular formula is C11H10ClF2NO. The normalized spacial score (nSPS) is 20.6. The summed E-state index contributed by atoms with van der Waals surface area (Å²) in [5, 5.41) is -0.383. The maximum Gasteiger partial charge on any atom is 0.228 e. The van der Waals surface area contributed by atoms with Gasteiger partial charge in [0, 0.05) is 13.0 Å². The Labute approximate surface area is 96.8 Å². The minimum absolute atomic E-state index is 0.119. The van der Waals surface area contributed by atoms with E-state index in [1.807, 2.05) is 0 Å². The van der Waals surface area contributed by atoms with E-state index in [4.69, 9.17) is 11.6 Å². The van der Waals surface area contributed by atoms with Gasteiger partial charge in [-0.05, 0) is 18.6 Å². The quantitative estimate of drug-likeness (QED) is 0.697. The number of anilines is 1. The van der Waals surface area contributed by atoms with Crippen molar-refractivity contribution in [3.63, 3.8) is 0 Å². The Hall–Kier alpha value is -1.16. The Morgan fingerprint density at radius 3 is 2.69 bits per heavy atom. The highest BCUT2D eigenvalue weighted by Crippen LogP contribution is 2.30. The van der Waals surface area contributed by atoms with Crippen molar-refractivity contribution in [2.75, 3.05) is 11.4 Å². The summed E-state index contributed by atoms with van der Waals surface area (Å²) >= 11 is 5.79. The topological polar surface area (TPSA) is 20.3 Å². The highest BCUT2D eigenvalue weighted by atomic mass is 35.5. The van der Waals surface area contributed by atoms with Crippen LogP contribution in [-0.4, -0.2) is 17.8 Å². The number of aryl methyl sites for hydroxylation is 1. The number of nitrogens with zero attached hydrogens (tertiary/aromatic N) is 1. The third kappa shape index (κ3) is 1.78. The first-order valence-electron chi connectivity index (χ1n) is 4.89. The molecule has 0 spiro atoms. The molecule has 1 saturated heterocycles. The van der Waals surface area contributed by atoms with Gasteiger partial charge < -0.3 is 4.90 Å². The second-order valence-corrected chi connectivity index (χ2v) is 4.45. The van der Waals surface area contributed by atoms with Crippen LogP contribution in [0.25, 0.3) is 0 Å². The average Bonchev–Trinajstić information content (AvgIpc) is 2.53. The predicted molar refractivity (Wildman–Crippen MR) is 57.7 cm³/mol. The summed E-state index contributed by atoms with van der Waals surface area (Å²) in [5.74, 6) is -1.77. The lowest BCUT2D eigenvalue weighted by Gasteiger charge is -2.18. The van der Waals surface area contributed by atoms with E-state index in [9.17, 15) is 13.6 Å². The van der Waals surface area contributed by atoms with Crippen molar-refractivity contribution < 1.29 is 13.6 Å². The Balaban J connectivity index is 2.48. The van der Waals surface area contributed by atoms with Gasteiger partial charge in [0.15, 0.2) is 5.82 Å². The van der Waals surface area contributed by atoms with Gasteiger partial charge in [-0.3, -0.25) is 4.79 Å². The first kappa shape index (κ1) is 11.3. The molecule has 1 atom stereocenters. The number of alkyl halides is 1. The van der Waals surface area contributed by atoms with Gasteiger partial charge in [0.1, 0.15) is 11.5 Å². The van der Waals surface area contributed by atoms with Gasteiger partial charge in [-0.15, -0.1) is 11.6 Å². The lowest BCUT2D eigenvalue weighted by Crippen LogP contribution is -2.27. The van der Waals surface area contributed by atoms with E-state index in [1.165, 1.54) is 13.0 Å². The molecule has 5 heteroatoms. The van der Waals surface area contributed by atoms with Gasteiger partial charge in [0.25, 0.3) is 0 Å². The van der Waals surface area contributed by atoms with Crippen LogP contribution in [0.3, 0.4) is 0 Å².